The van der Waals surface area contributed by atoms with Crippen molar-refractivity contribution in [2.75, 3.05) is 13.8 Å². The first kappa shape index (κ1) is 21.2. The number of carbonyl (C=O) groups excluding carboxylic acids is 1. The Bertz CT molecular complexity index is 614. The third kappa shape index (κ3) is 5.09. The fraction of sp³-hybridized carbons (Fsp3) is 0.562. The van der Waals surface area contributed by atoms with Gasteiger partial charge in [-0.1, -0.05) is 13.3 Å². The summed E-state index contributed by atoms with van der Waals surface area (Å²) in [4.78, 5) is 13.9. The zero-order valence-electron chi connectivity index (χ0n) is 14.4. The average molecular weight is 381 g/mol. The van der Waals surface area contributed by atoms with Crippen molar-refractivity contribution in [3.63, 3.8) is 0 Å². The predicted molar refractivity (Wildman–Crippen MR) is 90.4 cm³/mol. The molecule has 1 aliphatic heterocycles. The number of benzene rings is 1. The van der Waals surface area contributed by atoms with E-state index in [1.807, 2.05) is 6.92 Å². The Morgan fingerprint density at radius 1 is 1.40 bits per heavy atom. The van der Waals surface area contributed by atoms with Crippen molar-refractivity contribution in [3.05, 3.63) is 17.7 Å². The van der Waals surface area contributed by atoms with Gasteiger partial charge in [-0.15, -0.1) is 12.4 Å². The molecule has 6 nitrogen and oxygen atoms in total. The van der Waals surface area contributed by atoms with Gasteiger partial charge in [-0.25, -0.2) is 0 Å². The maximum atomic E-state index is 12.6. The summed E-state index contributed by atoms with van der Waals surface area (Å²) in [7, 11) is 1.57. The van der Waals surface area contributed by atoms with Crippen molar-refractivity contribution >= 4 is 18.3 Å². The SMILES string of the molecule is CCCC(C)(N)C(=O)N(C)Cc1cc2c(cc1OC(F)F)OCO2.Cl. The first-order chi connectivity index (χ1) is 11.2. The van der Waals surface area contributed by atoms with E-state index < -0.39 is 12.2 Å². The topological polar surface area (TPSA) is 74.0 Å². The number of carbonyl (C=O) groups is 1. The molecule has 0 spiro atoms. The maximum absolute atomic E-state index is 12.6. The Morgan fingerprint density at radius 3 is 2.56 bits per heavy atom. The zero-order valence-corrected chi connectivity index (χ0v) is 15.2. The quantitative estimate of drug-likeness (QED) is 0.787. The second-order valence-corrected chi connectivity index (χ2v) is 6.02. The number of nitrogens with two attached hydrogens (primary N) is 1. The minimum atomic E-state index is -2.98. The lowest BCUT2D eigenvalue weighted by Crippen LogP contribution is -2.51. The van der Waals surface area contributed by atoms with Crippen molar-refractivity contribution in [2.24, 2.45) is 5.73 Å². The van der Waals surface area contributed by atoms with Crippen molar-refractivity contribution in [1.29, 1.82) is 0 Å². The largest absolute Gasteiger partial charge is 0.454 e. The van der Waals surface area contributed by atoms with Crippen LogP contribution in [0.25, 0.3) is 0 Å². The van der Waals surface area contributed by atoms with Crippen LogP contribution in [0.1, 0.15) is 32.3 Å². The molecule has 0 radical (unpaired) electrons. The molecular weight excluding hydrogens is 358 g/mol. The number of fused-ring (bicyclic) bond motifs is 1. The van der Waals surface area contributed by atoms with Crippen LogP contribution >= 0.6 is 12.4 Å². The lowest BCUT2D eigenvalue weighted by molar-refractivity contribution is -0.135. The number of nitrogens with zero attached hydrogens (tertiary/aromatic N) is 1. The van der Waals surface area contributed by atoms with E-state index >= 15 is 0 Å². The molecule has 0 saturated carbocycles. The van der Waals surface area contributed by atoms with E-state index in [2.05, 4.69) is 4.74 Å². The van der Waals surface area contributed by atoms with E-state index in [1.54, 1.807) is 14.0 Å². The van der Waals surface area contributed by atoms with Crippen LogP contribution in [0.5, 0.6) is 17.2 Å². The summed E-state index contributed by atoms with van der Waals surface area (Å²) in [6.07, 6.45) is 1.29. The van der Waals surface area contributed by atoms with Gasteiger partial charge in [0.15, 0.2) is 11.5 Å². The van der Waals surface area contributed by atoms with E-state index in [0.29, 0.717) is 23.5 Å². The van der Waals surface area contributed by atoms with Gasteiger partial charge in [0.1, 0.15) is 5.75 Å². The molecule has 2 N–H and O–H groups in total. The number of ether oxygens (including phenoxy) is 3. The van der Waals surface area contributed by atoms with Crippen molar-refractivity contribution in [2.45, 2.75) is 45.4 Å². The molecule has 2 rings (SSSR count). The number of amides is 1. The highest BCUT2D eigenvalue weighted by Gasteiger charge is 2.31. The van der Waals surface area contributed by atoms with Gasteiger partial charge in [0.2, 0.25) is 12.7 Å². The summed E-state index contributed by atoms with van der Waals surface area (Å²) in [6.45, 7) is 0.689. The van der Waals surface area contributed by atoms with E-state index in [-0.39, 0.29) is 37.4 Å². The number of halogens is 3. The normalized spacial score (nSPS) is 14.7. The molecule has 1 atom stereocenters. The van der Waals surface area contributed by atoms with Crippen LogP contribution in [-0.4, -0.2) is 36.8 Å². The van der Waals surface area contributed by atoms with E-state index in [1.165, 1.54) is 17.0 Å². The lowest BCUT2D eigenvalue weighted by Gasteiger charge is -2.29. The smallest absolute Gasteiger partial charge is 0.387 e. The van der Waals surface area contributed by atoms with Crippen LogP contribution in [0.15, 0.2) is 12.1 Å². The van der Waals surface area contributed by atoms with Gasteiger partial charge in [-0.3, -0.25) is 4.79 Å². The fourth-order valence-electron chi connectivity index (χ4n) is 2.68. The number of hydrogen-bond acceptors (Lipinski definition) is 5. The molecule has 0 aromatic heterocycles. The van der Waals surface area contributed by atoms with Crippen LogP contribution in [0, 0.1) is 0 Å². The first-order valence-electron chi connectivity index (χ1n) is 7.66. The summed E-state index contributed by atoms with van der Waals surface area (Å²) in [6, 6.07) is 2.88. The van der Waals surface area contributed by atoms with Gasteiger partial charge in [0, 0.05) is 25.2 Å². The fourth-order valence-corrected chi connectivity index (χ4v) is 2.68. The van der Waals surface area contributed by atoms with E-state index in [4.69, 9.17) is 15.2 Å². The molecule has 0 aliphatic carbocycles. The lowest BCUT2D eigenvalue weighted by atomic mass is 9.95. The summed E-state index contributed by atoms with van der Waals surface area (Å²) in [5.41, 5.74) is 5.43. The Labute approximate surface area is 151 Å². The van der Waals surface area contributed by atoms with Crippen LogP contribution in [0.4, 0.5) is 8.78 Å². The maximum Gasteiger partial charge on any atom is 0.387 e. The van der Waals surface area contributed by atoms with E-state index in [9.17, 15) is 13.6 Å². The monoisotopic (exact) mass is 380 g/mol. The molecule has 0 fully saturated rings. The van der Waals surface area contributed by atoms with Gasteiger partial charge in [0.25, 0.3) is 0 Å². The molecule has 0 saturated heterocycles. The Kier molecular flexibility index (Phi) is 7.25. The molecule has 1 heterocycles. The highest BCUT2D eigenvalue weighted by atomic mass is 35.5. The standard InChI is InChI=1S/C16H22F2N2O4.ClH/c1-4-5-16(2,19)14(21)20(3)8-10-6-12-13(23-9-22-12)7-11(10)24-15(17)18;/h6-7,15H,4-5,8-9,19H2,1-3H3;1H. The number of likely N-dealkylation sites (N-methyl/N-ethyl adjacent to an activating group) is 1. The molecule has 0 bridgehead atoms. The van der Waals surface area contributed by atoms with Crippen LogP contribution in [0.2, 0.25) is 0 Å². The molecule has 1 aliphatic rings. The molecule has 25 heavy (non-hydrogen) atoms. The van der Waals surface area contributed by atoms with Crippen LogP contribution in [-0.2, 0) is 11.3 Å². The average Bonchev–Trinajstić information content (AvgIpc) is 2.93. The zero-order chi connectivity index (χ0) is 17.9. The first-order valence-corrected chi connectivity index (χ1v) is 7.66. The highest BCUT2D eigenvalue weighted by Crippen LogP contribution is 2.39. The molecule has 1 amide bonds. The number of alkyl halides is 2. The van der Waals surface area contributed by atoms with Crippen molar-refractivity contribution in [1.82, 2.24) is 4.90 Å². The Hall–Kier alpha value is -1.80. The minimum Gasteiger partial charge on any atom is -0.454 e. The molecule has 1 aromatic rings. The van der Waals surface area contributed by atoms with Gasteiger partial charge in [0.05, 0.1) is 5.54 Å². The van der Waals surface area contributed by atoms with Crippen LogP contribution < -0.4 is 19.9 Å². The number of hydrogen-bond donors (Lipinski definition) is 1. The highest BCUT2D eigenvalue weighted by molar-refractivity contribution is 5.85. The van der Waals surface area contributed by atoms with Gasteiger partial charge < -0.3 is 24.8 Å². The third-order valence-corrected chi connectivity index (χ3v) is 3.78. The van der Waals surface area contributed by atoms with Gasteiger partial charge in [-0.05, 0) is 19.4 Å². The minimum absolute atomic E-state index is 0. The molecule has 1 aromatic carbocycles. The summed E-state index contributed by atoms with van der Waals surface area (Å²) in [5.74, 6) is 0.433. The molecule has 1 unspecified atom stereocenters. The van der Waals surface area contributed by atoms with Crippen molar-refractivity contribution < 1.29 is 27.8 Å². The Balaban J connectivity index is 0.00000312. The Morgan fingerprint density at radius 2 is 2.00 bits per heavy atom. The molecule has 142 valence electrons. The third-order valence-electron chi connectivity index (χ3n) is 3.78. The molecule has 9 heteroatoms. The summed E-state index contributed by atoms with van der Waals surface area (Å²) in [5, 5.41) is 0. The second-order valence-electron chi connectivity index (χ2n) is 6.02. The van der Waals surface area contributed by atoms with Crippen molar-refractivity contribution in [3.8, 4) is 17.2 Å². The second kappa shape index (κ2) is 8.53. The van der Waals surface area contributed by atoms with Gasteiger partial charge >= 0.3 is 6.61 Å². The van der Waals surface area contributed by atoms with E-state index in [0.717, 1.165) is 6.42 Å². The number of rotatable bonds is 7. The molecular formula is C16H23ClF2N2O4. The summed E-state index contributed by atoms with van der Waals surface area (Å²) >= 11 is 0. The van der Waals surface area contributed by atoms with Gasteiger partial charge in [-0.2, -0.15) is 8.78 Å². The van der Waals surface area contributed by atoms with Crippen LogP contribution in [0.3, 0.4) is 0 Å². The predicted octanol–water partition coefficient (Wildman–Crippen LogP) is 2.91. The summed E-state index contributed by atoms with van der Waals surface area (Å²) < 4.78 is 40.3.